The fourth-order valence-corrected chi connectivity index (χ4v) is 7.20. The summed E-state index contributed by atoms with van der Waals surface area (Å²) in [6.45, 7) is 2.27. The molecule has 114 valence electrons. The van der Waals surface area contributed by atoms with E-state index in [9.17, 15) is 0 Å². The summed E-state index contributed by atoms with van der Waals surface area (Å²) in [5, 5.41) is 0. The minimum atomic E-state index is -1.91. The average Bonchev–Trinajstić information content (AvgIpc) is 2.48. The standard InChI is InChI=1S/C16H34O2Si/c1-4-5-6-7-8-12-15-19(17-2,18-3)16-13-10-9-11-14-16/h16H,4-15H2,1-3H3. The third-order valence-electron chi connectivity index (χ3n) is 4.80. The fraction of sp³-hybridized carbons (Fsp3) is 1.00. The first-order valence-corrected chi connectivity index (χ1v) is 10.5. The molecule has 2 nitrogen and oxygen atoms in total. The van der Waals surface area contributed by atoms with Crippen LogP contribution < -0.4 is 0 Å². The van der Waals surface area contributed by atoms with E-state index >= 15 is 0 Å². The van der Waals surface area contributed by atoms with E-state index in [4.69, 9.17) is 8.85 Å². The molecule has 1 fully saturated rings. The summed E-state index contributed by atoms with van der Waals surface area (Å²) in [7, 11) is 1.87. The highest BCUT2D eigenvalue weighted by molar-refractivity contribution is 6.69. The van der Waals surface area contributed by atoms with E-state index in [1.165, 1.54) is 76.7 Å². The summed E-state index contributed by atoms with van der Waals surface area (Å²) >= 11 is 0. The van der Waals surface area contributed by atoms with E-state index in [1.54, 1.807) is 0 Å². The smallest absolute Gasteiger partial charge is 0.340 e. The Kier molecular flexibility index (Phi) is 9.00. The van der Waals surface area contributed by atoms with E-state index in [1.807, 2.05) is 14.2 Å². The molecule has 1 rings (SSSR count). The van der Waals surface area contributed by atoms with Crippen LogP contribution in [0.15, 0.2) is 0 Å². The Morgan fingerprint density at radius 2 is 1.42 bits per heavy atom. The third-order valence-corrected chi connectivity index (χ3v) is 9.05. The second-order valence-corrected chi connectivity index (χ2v) is 9.83. The van der Waals surface area contributed by atoms with Gasteiger partial charge in [0.1, 0.15) is 0 Å². The lowest BCUT2D eigenvalue weighted by Gasteiger charge is -2.37. The topological polar surface area (TPSA) is 18.5 Å². The maximum atomic E-state index is 5.97. The molecular formula is C16H34O2Si. The Labute approximate surface area is 121 Å². The van der Waals surface area contributed by atoms with E-state index < -0.39 is 8.56 Å². The molecule has 0 bridgehead atoms. The molecule has 0 aliphatic heterocycles. The van der Waals surface area contributed by atoms with Crippen LogP contribution in [0.1, 0.15) is 77.6 Å². The molecule has 0 aromatic carbocycles. The molecule has 19 heavy (non-hydrogen) atoms. The highest BCUT2D eigenvalue weighted by Crippen LogP contribution is 2.40. The van der Waals surface area contributed by atoms with Crippen molar-refractivity contribution in [3.8, 4) is 0 Å². The van der Waals surface area contributed by atoms with Crippen LogP contribution >= 0.6 is 0 Å². The normalized spacial score (nSPS) is 17.8. The van der Waals surface area contributed by atoms with Gasteiger partial charge in [0.05, 0.1) is 0 Å². The maximum absolute atomic E-state index is 5.97. The average molecular weight is 287 g/mol. The monoisotopic (exact) mass is 286 g/mol. The second kappa shape index (κ2) is 9.95. The molecule has 0 amide bonds. The van der Waals surface area contributed by atoms with Gasteiger partial charge in [-0.3, -0.25) is 0 Å². The SMILES string of the molecule is CCCCCCCC[Si](OC)(OC)C1CCCCC1. The van der Waals surface area contributed by atoms with Crippen molar-refractivity contribution in [2.75, 3.05) is 14.2 Å². The molecule has 0 radical (unpaired) electrons. The van der Waals surface area contributed by atoms with Crippen LogP contribution in [0.3, 0.4) is 0 Å². The van der Waals surface area contributed by atoms with Crippen molar-refractivity contribution in [2.45, 2.75) is 89.1 Å². The Morgan fingerprint density at radius 1 is 0.842 bits per heavy atom. The van der Waals surface area contributed by atoms with Crippen molar-refractivity contribution >= 4 is 8.56 Å². The van der Waals surface area contributed by atoms with Crippen LogP contribution in [0.5, 0.6) is 0 Å². The van der Waals surface area contributed by atoms with Gasteiger partial charge in [-0.15, -0.1) is 0 Å². The minimum Gasteiger partial charge on any atom is -0.397 e. The van der Waals surface area contributed by atoms with E-state index in [-0.39, 0.29) is 0 Å². The van der Waals surface area contributed by atoms with Crippen molar-refractivity contribution in [3.05, 3.63) is 0 Å². The van der Waals surface area contributed by atoms with Gasteiger partial charge in [-0.2, -0.15) is 0 Å². The molecule has 0 atom stereocenters. The first-order valence-electron chi connectivity index (χ1n) is 8.39. The Hall–Kier alpha value is 0.137. The van der Waals surface area contributed by atoms with Crippen molar-refractivity contribution in [1.29, 1.82) is 0 Å². The van der Waals surface area contributed by atoms with Gasteiger partial charge in [-0.05, 0) is 18.9 Å². The zero-order valence-corrected chi connectivity index (χ0v) is 14.4. The molecule has 3 heteroatoms. The zero-order valence-electron chi connectivity index (χ0n) is 13.4. The van der Waals surface area contributed by atoms with Crippen molar-refractivity contribution in [3.63, 3.8) is 0 Å². The molecular weight excluding hydrogens is 252 g/mol. The van der Waals surface area contributed by atoms with Gasteiger partial charge in [0, 0.05) is 19.8 Å². The van der Waals surface area contributed by atoms with Gasteiger partial charge >= 0.3 is 8.56 Å². The molecule has 0 saturated heterocycles. The summed E-state index contributed by atoms with van der Waals surface area (Å²) in [6.07, 6.45) is 15.0. The van der Waals surface area contributed by atoms with Gasteiger partial charge in [0.2, 0.25) is 0 Å². The number of rotatable bonds is 10. The first kappa shape index (κ1) is 17.2. The molecule has 1 saturated carbocycles. The Bertz CT molecular complexity index is 211. The van der Waals surface area contributed by atoms with Gasteiger partial charge in [-0.1, -0.05) is 64.7 Å². The first-order chi connectivity index (χ1) is 9.29. The molecule has 0 aromatic heterocycles. The summed E-state index contributed by atoms with van der Waals surface area (Å²) in [5.41, 5.74) is 0.742. The fourth-order valence-electron chi connectivity index (χ4n) is 3.52. The van der Waals surface area contributed by atoms with E-state index in [0.717, 1.165) is 5.54 Å². The van der Waals surface area contributed by atoms with Crippen molar-refractivity contribution < 1.29 is 8.85 Å². The molecule has 0 N–H and O–H groups in total. The van der Waals surface area contributed by atoms with Crippen LogP contribution in [0.2, 0.25) is 11.6 Å². The zero-order chi connectivity index (χ0) is 14.0. The van der Waals surface area contributed by atoms with Crippen LogP contribution in [-0.4, -0.2) is 22.8 Å². The minimum absolute atomic E-state index is 0.742. The number of hydrogen-bond donors (Lipinski definition) is 0. The van der Waals surface area contributed by atoms with Gasteiger partial charge < -0.3 is 8.85 Å². The molecule has 1 aliphatic carbocycles. The lowest BCUT2D eigenvalue weighted by molar-refractivity contribution is 0.215. The second-order valence-electron chi connectivity index (χ2n) is 6.07. The van der Waals surface area contributed by atoms with Crippen LogP contribution in [0.4, 0.5) is 0 Å². The Morgan fingerprint density at radius 3 is 2.00 bits per heavy atom. The summed E-state index contributed by atoms with van der Waals surface area (Å²) in [5.74, 6) is 0. The highest BCUT2D eigenvalue weighted by atomic mass is 28.4. The maximum Gasteiger partial charge on any atom is 0.340 e. The van der Waals surface area contributed by atoms with Crippen LogP contribution in [-0.2, 0) is 8.85 Å². The summed E-state index contributed by atoms with van der Waals surface area (Å²) in [4.78, 5) is 0. The van der Waals surface area contributed by atoms with Crippen LogP contribution in [0, 0.1) is 0 Å². The third kappa shape index (κ3) is 5.56. The highest BCUT2D eigenvalue weighted by Gasteiger charge is 2.43. The molecule has 0 unspecified atom stereocenters. The predicted molar refractivity (Wildman–Crippen MR) is 84.8 cm³/mol. The van der Waals surface area contributed by atoms with Crippen LogP contribution in [0.25, 0.3) is 0 Å². The van der Waals surface area contributed by atoms with E-state index in [2.05, 4.69) is 6.92 Å². The largest absolute Gasteiger partial charge is 0.397 e. The molecule has 0 aromatic rings. The number of unbranched alkanes of at least 4 members (excludes halogenated alkanes) is 5. The molecule has 1 aliphatic rings. The lowest BCUT2D eigenvalue weighted by atomic mass is 10.0. The Balaban J connectivity index is 2.33. The van der Waals surface area contributed by atoms with Crippen molar-refractivity contribution in [2.24, 2.45) is 0 Å². The van der Waals surface area contributed by atoms with E-state index in [0.29, 0.717) is 0 Å². The molecule has 0 spiro atoms. The van der Waals surface area contributed by atoms with Gasteiger partial charge in [-0.25, -0.2) is 0 Å². The summed E-state index contributed by atoms with van der Waals surface area (Å²) in [6, 6.07) is 1.21. The summed E-state index contributed by atoms with van der Waals surface area (Å²) < 4.78 is 11.9. The number of hydrogen-bond acceptors (Lipinski definition) is 2. The lowest BCUT2D eigenvalue weighted by Crippen LogP contribution is -2.45. The van der Waals surface area contributed by atoms with Crippen molar-refractivity contribution in [1.82, 2.24) is 0 Å². The molecule has 0 heterocycles. The van der Waals surface area contributed by atoms with Gasteiger partial charge in [0.15, 0.2) is 0 Å². The quantitative estimate of drug-likeness (QED) is 0.394. The van der Waals surface area contributed by atoms with Gasteiger partial charge in [0.25, 0.3) is 0 Å². The predicted octanol–water partition coefficient (Wildman–Crippen LogP) is 5.42.